The molecule has 2 aliphatic rings. The van der Waals surface area contributed by atoms with E-state index in [-0.39, 0.29) is 24.7 Å². The van der Waals surface area contributed by atoms with E-state index in [4.69, 9.17) is 9.47 Å². The van der Waals surface area contributed by atoms with Crippen LogP contribution < -0.4 is 25.6 Å². The molecule has 182 valence electrons. The van der Waals surface area contributed by atoms with E-state index < -0.39 is 30.1 Å². The Bertz CT molecular complexity index is 1290. The lowest BCUT2D eigenvalue weighted by molar-refractivity contribution is -0.173. The van der Waals surface area contributed by atoms with Crippen molar-refractivity contribution in [3.05, 3.63) is 70.9 Å². The SMILES string of the molecule is Cc1ccc(C(=O)NNC(=O)c2cc3n(n2)C(C(F)(F)F)CC(c2ccc4c(c2)OCO4)N3)cc1. The lowest BCUT2D eigenvalue weighted by atomic mass is 9.96. The van der Waals surface area contributed by atoms with Crippen molar-refractivity contribution in [3.8, 4) is 11.5 Å². The number of rotatable bonds is 3. The van der Waals surface area contributed by atoms with E-state index in [1.54, 1.807) is 42.5 Å². The molecule has 0 radical (unpaired) electrons. The number of carbonyl (C=O) groups is 2. The van der Waals surface area contributed by atoms with Crippen LogP contribution >= 0.6 is 0 Å². The number of hydrogen-bond donors (Lipinski definition) is 3. The molecule has 3 heterocycles. The summed E-state index contributed by atoms with van der Waals surface area (Å²) in [6.45, 7) is 1.91. The Hall–Kier alpha value is -4.22. The Morgan fingerprint density at radius 2 is 1.74 bits per heavy atom. The second kappa shape index (κ2) is 8.53. The normalized spacial score (nSPS) is 18.4. The summed E-state index contributed by atoms with van der Waals surface area (Å²) < 4.78 is 53.1. The van der Waals surface area contributed by atoms with E-state index in [1.807, 2.05) is 6.92 Å². The van der Waals surface area contributed by atoms with Crippen molar-refractivity contribution in [3.63, 3.8) is 0 Å². The van der Waals surface area contributed by atoms with Crippen LogP contribution in [-0.4, -0.2) is 34.6 Å². The first-order chi connectivity index (χ1) is 16.7. The molecule has 0 saturated carbocycles. The van der Waals surface area contributed by atoms with Crippen molar-refractivity contribution in [1.82, 2.24) is 20.6 Å². The van der Waals surface area contributed by atoms with Crippen LogP contribution in [0.3, 0.4) is 0 Å². The largest absolute Gasteiger partial charge is 0.454 e. The van der Waals surface area contributed by atoms with Gasteiger partial charge in [-0.3, -0.25) is 20.4 Å². The minimum absolute atomic E-state index is 0.0243. The molecule has 0 aliphatic carbocycles. The number of nitrogens with zero attached hydrogens (tertiary/aromatic N) is 2. The third-order valence-corrected chi connectivity index (χ3v) is 5.82. The first-order valence-corrected chi connectivity index (χ1v) is 10.7. The second-order valence-corrected chi connectivity index (χ2v) is 8.24. The molecule has 12 heteroatoms. The second-order valence-electron chi connectivity index (χ2n) is 8.24. The molecule has 2 unspecified atom stereocenters. The third-order valence-electron chi connectivity index (χ3n) is 5.82. The predicted octanol–water partition coefficient (Wildman–Crippen LogP) is 3.66. The fourth-order valence-electron chi connectivity index (χ4n) is 3.99. The van der Waals surface area contributed by atoms with Gasteiger partial charge in [0.25, 0.3) is 11.8 Å². The number of anilines is 1. The maximum Gasteiger partial charge on any atom is 0.410 e. The Kier molecular flexibility index (Phi) is 5.50. The number of fused-ring (bicyclic) bond motifs is 2. The molecule has 5 rings (SSSR count). The van der Waals surface area contributed by atoms with E-state index in [9.17, 15) is 22.8 Å². The summed E-state index contributed by atoms with van der Waals surface area (Å²) in [4.78, 5) is 24.8. The van der Waals surface area contributed by atoms with Crippen LogP contribution in [0.25, 0.3) is 0 Å². The fraction of sp³-hybridized carbons (Fsp3) is 0.261. The molecule has 0 bridgehead atoms. The molecular weight excluding hydrogens is 467 g/mol. The van der Waals surface area contributed by atoms with Crippen molar-refractivity contribution < 1.29 is 32.2 Å². The van der Waals surface area contributed by atoms with Crippen LogP contribution in [0, 0.1) is 6.92 Å². The molecule has 3 N–H and O–H groups in total. The molecular formula is C23H20F3N5O4. The molecule has 2 aromatic carbocycles. The predicted molar refractivity (Wildman–Crippen MR) is 117 cm³/mol. The molecule has 0 spiro atoms. The van der Waals surface area contributed by atoms with Gasteiger partial charge in [-0.25, -0.2) is 4.68 Å². The van der Waals surface area contributed by atoms with Crippen molar-refractivity contribution in [2.24, 2.45) is 0 Å². The highest BCUT2D eigenvalue weighted by atomic mass is 19.4. The molecule has 2 amide bonds. The van der Waals surface area contributed by atoms with Crippen molar-refractivity contribution in [1.29, 1.82) is 0 Å². The van der Waals surface area contributed by atoms with E-state index in [1.165, 1.54) is 6.07 Å². The summed E-state index contributed by atoms with van der Waals surface area (Å²) in [5.74, 6) is -0.424. The van der Waals surface area contributed by atoms with Gasteiger partial charge in [0.15, 0.2) is 23.2 Å². The zero-order chi connectivity index (χ0) is 24.7. The number of aryl methyl sites for hydroxylation is 1. The summed E-state index contributed by atoms with van der Waals surface area (Å²) in [5.41, 5.74) is 6.00. The average Bonchev–Trinajstić information content (AvgIpc) is 3.47. The number of aromatic nitrogens is 2. The standard InChI is InChI=1S/C23H20F3N5O4/c1-12-2-4-13(5-3-12)21(32)28-29-22(33)16-10-20-27-15(9-19(23(24,25)26)31(20)30-16)14-6-7-17-18(8-14)35-11-34-17/h2-8,10,15,19,27H,9,11H2,1H3,(H,28,32)(H,29,33). The number of hydrogen-bond acceptors (Lipinski definition) is 6. The Morgan fingerprint density at radius 3 is 2.49 bits per heavy atom. The molecule has 0 saturated heterocycles. The fourth-order valence-corrected chi connectivity index (χ4v) is 3.99. The number of amides is 2. The quantitative estimate of drug-likeness (QED) is 0.487. The van der Waals surface area contributed by atoms with Gasteiger partial charge in [0, 0.05) is 18.1 Å². The van der Waals surface area contributed by atoms with Gasteiger partial charge in [-0.15, -0.1) is 0 Å². The average molecular weight is 487 g/mol. The van der Waals surface area contributed by atoms with Crippen molar-refractivity contribution in [2.45, 2.75) is 31.6 Å². The zero-order valence-electron chi connectivity index (χ0n) is 18.3. The van der Waals surface area contributed by atoms with Gasteiger partial charge in [-0.05, 0) is 36.8 Å². The highest BCUT2D eigenvalue weighted by Gasteiger charge is 2.47. The van der Waals surface area contributed by atoms with E-state index in [2.05, 4.69) is 21.3 Å². The summed E-state index contributed by atoms with van der Waals surface area (Å²) in [6, 6.07) is 10.1. The molecule has 35 heavy (non-hydrogen) atoms. The van der Waals surface area contributed by atoms with E-state index in [0.29, 0.717) is 22.6 Å². The minimum Gasteiger partial charge on any atom is -0.454 e. The van der Waals surface area contributed by atoms with Gasteiger partial charge in [0.05, 0.1) is 6.04 Å². The first kappa shape index (κ1) is 22.6. The maximum absolute atomic E-state index is 13.9. The molecule has 3 aromatic rings. The maximum atomic E-state index is 13.9. The zero-order valence-corrected chi connectivity index (χ0v) is 18.3. The smallest absolute Gasteiger partial charge is 0.410 e. The number of halogens is 3. The van der Waals surface area contributed by atoms with Gasteiger partial charge in [-0.2, -0.15) is 18.3 Å². The van der Waals surface area contributed by atoms with Crippen LogP contribution in [-0.2, 0) is 0 Å². The Labute approximate surface area is 197 Å². The number of benzene rings is 2. The lowest BCUT2D eigenvalue weighted by Crippen LogP contribution is -2.42. The summed E-state index contributed by atoms with van der Waals surface area (Å²) in [6.07, 6.45) is -4.95. The van der Waals surface area contributed by atoms with Gasteiger partial charge in [0.1, 0.15) is 5.82 Å². The molecule has 0 fully saturated rings. The van der Waals surface area contributed by atoms with Crippen LogP contribution in [0.5, 0.6) is 11.5 Å². The number of carbonyl (C=O) groups excluding carboxylic acids is 2. The molecule has 2 aliphatic heterocycles. The summed E-state index contributed by atoms with van der Waals surface area (Å²) >= 11 is 0. The van der Waals surface area contributed by atoms with Gasteiger partial charge < -0.3 is 14.8 Å². The number of alkyl halides is 3. The highest BCUT2D eigenvalue weighted by molar-refractivity contribution is 5.98. The molecule has 9 nitrogen and oxygen atoms in total. The number of nitrogens with one attached hydrogen (secondary N) is 3. The van der Waals surface area contributed by atoms with Crippen LogP contribution in [0.15, 0.2) is 48.5 Å². The number of ether oxygens (including phenoxy) is 2. The number of hydrazine groups is 1. The third kappa shape index (κ3) is 4.46. The van der Waals surface area contributed by atoms with Gasteiger partial charge >= 0.3 is 6.18 Å². The van der Waals surface area contributed by atoms with Crippen LogP contribution in [0.2, 0.25) is 0 Å². The summed E-state index contributed by atoms with van der Waals surface area (Å²) in [5, 5.41) is 6.89. The topological polar surface area (TPSA) is 107 Å². The van der Waals surface area contributed by atoms with Crippen molar-refractivity contribution >= 4 is 17.6 Å². The highest BCUT2D eigenvalue weighted by Crippen LogP contribution is 2.45. The Balaban J connectivity index is 1.35. The minimum atomic E-state index is -4.61. The van der Waals surface area contributed by atoms with Crippen molar-refractivity contribution in [2.75, 3.05) is 12.1 Å². The lowest BCUT2D eigenvalue weighted by Gasteiger charge is -2.33. The molecule has 1 aromatic heterocycles. The summed E-state index contributed by atoms with van der Waals surface area (Å²) in [7, 11) is 0. The van der Waals surface area contributed by atoms with Crippen LogP contribution in [0.1, 0.15) is 50.5 Å². The van der Waals surface area contributed by atoms with Gasteiger partial charge in [0.2, 0.25) is 6.79 Å². The molecule has 2 atom stereocenters. The van der Waals surface area contributed by atoms with Crippen LogP contribution in [0.4, 0.5) is 19.0 Å². The Morgan fingerprint density at radius 1 is 1.03 bits per heavy atom. The van der Waals surface area contributed by atoms with E-state index >= 15 is 0 Å². The first-order valence-electron chi connectivity index (χ1n) is 10.7. The van der Waals surface area contributed by atoms with E-state index in [0.717, 1.165) is 10.2 Å². The monoisotopic (exact) mass is 487 g/mol. The van der Waals surface area contributed by atoms with Gasteiger partial charge in [-0.1, -0.05) is 23.8 Å².